The molecule has 3 N–H and O–H groups in total. The van der Waals surface area contributed by atoms with Crippen molar-refractivity contribution in [2.45, 2.75) is 69.6 Å². The number of para-hydroxylation sites is 1. The number of nitrogens with zero attached hydrogens (tertiary/aromatic N) is 2. The first-order chi connectivity index (χ1) is 19.3. The summed E-state index contributed by atoms with van der Waals surface area (Å²) >= 11 is 0. The normalized spacial score (nSPS) is 22.9. The van der Waals surface area contributed by atoms with Gasteiger partial charge in [-0.2, -0.15) is 0 Å². The van der Waals surface area contributed by atoms with Crippen LogP contribution in [0.15, 0.2) is 42.5 Å². The molecule has 2 aromatic rings. The van der Waals surface area contributed by atoms with Crippen LogP contribution in [-0.4, -0.2) is 47.3 Å². The fourth-order valence-electron chi connectivity index (χ4n) is 5.93. The second-order valence-electron chi connectivity index (χ2n) is 12.3. The number of amides is 4. The van der Waals surface area contributed by atoms with Gasteiger partial charge in [0, 0.05) is 23.9 Å². The second kappa shape index (κ2) is 9.94. The SMILES string of the molecule is [C-]#[N+][C@@H]1C[C@@]2(CN1C(=O)[C@H](CC(C)(C)C)NC(=O)C(=O)NC1(c3ccc(F)cc3F)CC1)C(=O)Nc1ccccc12. The molecule has 3 atom stereocenters. The van der Waals surface area contributed by atoms with Crippen LogP contribution < -0.4 is 16.0 Å². The lowest BCUT2D eigenvalue weighted by Crippen LogP contribution is -2.55. The third-order valence-corrected chi connectivity index (χ3v) is 8.06. The van der Waals surface area contributed by atoms with Crippen LogP contribution in [0.3, 0.4) is 0 Å². The van der Waals surface area contributed by atoms with Crippen LogP contribution in [0.2, 0.25) is 0 Å². The number of carbonyl (C=O) groups is 4. The second-order valence-corrected chi connectivity index (χ2v) is 12.3. The lowest BCUT2D eigenvalue weighted by atomic mass is 9.80. The average Bonchev–Trinajstić information content (AvgIpc) is 3.47. The van der Waals surface area contributed by atoms with Gasteiger partial charge in [0.1, 0.15) is 23.1 Å². The number of anilines is 1. The van der Waals surface area contributed by atoms with E-state index >= 15 is 0 Å². The van der Waals surface area contributed by atoms with Crippen LogP contribution in [0.5, 0.6) is 0 Å². The number of hydrogen-bond donors (Lipinski definition) is 3. The lowest BCUT2D eigenvalue weighted by molar-refractivity contribution is -0.143. The predicted molar refractivity (Wildman–Crippen MR) is 145 cm³/mol. The van der Waals surface area contributed by atoms with Crippen LogP contribution in [0.25, 0.3) is 4.85 Å². The molecular formula is C30H31F2N5O4. The Morgan fingerprint density at radius 1 is 1.12 bits per heavy atom. The van der Waals surface area contributed by atoms with Gasteiger partial charge in [-0.1, -0.05) is 45.0 Å². The van der Waals surface area contributed by atoms with Gasteiger partial charge in [-0.3, -0.25) is 28.9 Å². The van der Waals surface area contributed by atoms with Crippen LogP contribution in [0.1, 0.15) is 57.6 Å². The van der Waals surface area contributed by atoms with Crippen molar-refractivity contribution in [3.63, 3.8) is 0 Å². The van der Waals surface area contributed by atoms with Gasteiger partial charge in [0.25, 0.3) is 5.91 Å². The van der Waals surface area contributed by atoms with E-state index < -0.39 is 57.9 Å². The molecule has 41 heavy (non-hydrogen) atoms. The minimum Gasteiger partial charge on any atom is -0.338 e. The third kappa shape index (κ3) is 5.14. The number of fused-ring (bicyclic) bond motifs is 2. The molecule has 1 aliphatic carbocycles. The highest BCUT2D eigenvalue weighted by molar-refractivity contribution is 6.35. The van der Waals surface area contributed by atoms with E-state index in [0.29, 0.717) is 24.1 Å². The first-order valence-electron chi connectivity index (χ1n) is 13.5. The molecule has 0 radical (unpaired) electrons. The van der Waals surface area contributed by atoms with Gasteiger partial charge in [-0.25, -0.2) is 15.4 Å². The number of likely N-dealkylation sites (tertiary alicyclic amines) is 1. The highest BCUT2D eigenvalue weighted by Gasteiger charge is 2.59. The van der Waals surface area contributed by atoms with Crippen LogP contribution >= 0.6 is 0 Å². The van der Waals surface area contributed by atoms with Crippen molar-refractivity contribution in [3.8, 4) is 0 Å². The predicted octanol–water partition coefficient (Wildman–Crippen LogP) is 3.36. The van der Waals surface area contributed by atoms with Crippen molar-refractivity contribution in [1.82, 2.24) is 15.5 Å². The zero-order chi connectivity index (χ0) is 29.7. The Labute approximate surface area is 236 Å². The van der Waals surface area contributed by atoms with Crippen molar-refractivity contribution in [1.29, 1.82) is 0 Å². The zero-order valence-electron chi connectivity index (χ0n) is 23.0. The van der Waals surface area contributed by atoms with Crippen molar-refractivity contribution in [2.24, 2.45) is 5.41 Å². The molecule has 2 fully saturated rings. The smallest absolute Gasteiger partial charge is 0.310 e. The molecule has 2 aliphatic heterocycles. The molecule has 0 bridgehead atoms. The molecule has 1 spiro atoms. The molecule has 9 nitrogen and oxygen atoms in total. The molecule has 11 heteroatoms. The molecule has 4 amide bonds. The first-order valence-corrected chi connectivity index (χ1v) is 13.5. The quantitative estimate of drug-likeness (QED) is 0.383. The summed E-state index contributed by atoms with van der Waals surface area (Å²) in [6, 6.07) is 9.05. The molecular weight excluding hydrogens is 532 g/mol. The van der Waals surface area contributed by atoms with E-state index in [2.05, 4.69) is 20.8 Å². The Hall–Kier alpha value is -4.33. The molecule has 5 rings (SSSR count). The van der Waals surface area contributed by atoms with Crippen molar-refractivity contribution in [3.05, 3.63) is 76.6 Å². The maximum Gasteiger partial charge on any atom is 0.310 e. The molecule has 3 aliphatic rings. The van der Waals surface area contributed by atoms with Gasteiger partial charge in [0.15, 0.2) is 0 Å². The summed E-state index contributed by atoms with van der Waals surface area (Å²) in [6.45, 7) is 13.3. The molecule has 0 unspecified atom stereocenters. The highest BCUT2D eigenvalue weighted by Crippen LogP contribution is 2.48. The monoisotopic (exact) mass is 563 g/mol. The minimum absolute atomic E-state index is 0.0443. The Morgan fingerprint density at radius 2 is 1.83 bits per heavy atom. The summed E-state index contributed by atoms with van der Waals surface area (Å²) in [6.07, 6.45) is 0.0483. The van der Waals surface area contributed by atoms with Crippen molar-refractivity contribution in [2.75, 3.05) is 11.9 Å². The van der Waals surface area contributed by atoms with Gasteiger partial charge in [-0.15, -0.1) is 0 Å². The zero-order valence-corrected chi connectivity index (χ0v) is 23.0. The number of carbonyl (C=O) groups excluding carboxylic acids is 4. The van der Waals surface area contributed by atoms with Gasteiger partial charge in [0.05, 0.1) is 12.0 Å². The maximum absolute atomic E-state index is 14.4. The van der Waals surface area contributed by atoms with E-state index in [4.69, 9.17) is 6.57 Å². The van der Waals surface area contributed by atoms with Crippen LogP contribution in [-0.2, 0) is 30.1 Å². The Balaban J connectivity index is 1.35. The summed E-state index contributed by atoms with van der Waals surface area (Å²) in [5.41, 5.74) is -1.24. The van der Waals surface area contributed by atoms with E-state index in [1.807, 2.05) is 20.8 Å². The topological polar surface area (TPSA) is 112 Å². The Kier molecular flexibility index (Phi) is 6.84. The fourth-order valence-corrected chi connectivity index (χ4v) is 5.93. The summed E-state index contributed by atoms with van der Waals surface area (Å²) in [4.78, 5) is 58.0. The third-order valence-electron chi connectivity index (χ3n) is 8.06. The fraction of sp³-hybridized carbons (Fsp3) is 0.433. The number of benzene rings is 2. The highest BCUT2D eigenvalue weighted by atomic mass is 19.1. The van der Waals surface area contributed by atoms with Gasteiger partial charge >= 0.3 is 18.0 Å². The number of rotatable bonds is 5. The van der Waals surface area contributed by atoms with Crippen LogP contribution in [0.4, 0.5) is 14.5 Å². The lowest BCUT2D eigenvalue weighted by Gasteiger charge is -2.30. The summed E-state index contributed by atoms with van der Waals surface area (Å²) < 4.78 is 27.8. The van der Waals surface area contributed by atoms with Crippen molar-refractivity contribution >= 4 is 29.3 Å². The summed E-state index contributed by atoms with van der Waals surface area (Å²) in [7, 11) is 0. The molecule has 1 saturated carbocycles. The van der Waals surface area contributed by atoms with Gasteiger partial charge < -0.3 is 16.0 Å². The summed E-state index contributed by atoms with van der Waals surface area (Å²) in [5.74, 6) is -4.58. The number of halogens is 2. The van der Waals surface area contributed by atoms with E-state index in [1.54, 1.807) is 24.3 Å². The van der Waals surface area contributed by atoms with E-state index in [9.17, 15) is 28.0 Å². The molecule has 214 valence electrons. The Morgan fingerprint density at radius 3 is 2.46 bits per heavy atom. The average molecular weight is 564 g/mol. The van der Waals surface area contributed by atoms with E-state index in [-0.39, 0.29) is 30.9 Å². The summed E-state index contributed by atoms with van der Waals surface area (Å²) in [5, 5.41) is 7.93. The minimum atomic E-state index is -1.16. The number of nitrogens with one attached hydrogen (secondary N) is 3. The Bertz CT molecular complexity index is 1490. The molecule has 2 aromatic carbocycles. The largest absolute Gasteiger partial charge is 0.338 e. The molecule has 0 aromatic heterocycles. The molecule has 2 heterocycles. The van der Waals surface area contributed by atoms with E-state index in [1.165, 1.54) is 11.0 Å². The first kappa shape index (κ1) is 28.2. The van der Waals surface area contributed by atoms with Crippen molar-refractivity contribution < 1.29 is 28.0 Å². The number of hydrogen-bond acceptors (Lipinski definition) is 4. The standard InChI is InChI=1S/C30H31F2N5O4/c1-28(2,3)14-22(34-24(38)25(39)36-30(11-12-30)18-10-9-17(31)13-20(18)32)26(40)37-16-29(15-23(37)33-4)19-7-5-6-8-21(19)35-27(29)41/h5-10,13,22-23H,11-12,14-16H2,1-3H3,(H,34,38)(H,35,41)(H,36,39)/t22-,23-,29-/m0/s1. The van der Waals surface area contributed by atoms with Crippen LogP contribution in [0, 0.1) is 23.6 Å². The van der Waals surface area contributed by atoms with Gasteiger partial charge in [-0.05, 0) is 42.4 Å². The van der Waals surface area contributed by atoms with E-state index in [0.717, 1.165) is 12.1 Å². The maximum atomic E-state index is 14.4. The molecule has 1 saturated heterocycles. The van der Waals surface area contributed by atoms with Gasteiger partial charge in [0.2, 0.25) is 5.91 Å².